The van der Waals surface area contributed by atoms with E-state index in [1.807, 2.05) is 0 Å². The molecule has 0 spiro atoms. The van der Waals surface area contributed by atoms with Crippen LogP contribution in [0.4, 0.5) is 0 Å². The van der Waals surface area contributed by atoms with Gasteiger partial charge in [0, 0.05) is 38.3 Å². The van der Waals surface area contributed by atoms with Gasteiger partial charge in [-0.3, -0.25) is 0 Å². The monoisotopic (exact) mass is 164 g/mol. The predicted molar refractivity (Wildman–Crippen MR) is 50.9 cm³/mol. The number of nitrogens with zero attached hydrogens (tertiary/aromatic N) is 2. The zero-order valence-electron chi connectivity index (χ0n) is 7.66. The van der Waals surface area contributed by atoms with E-state index in [1.54, 1.807) is 0 Å². The van der Waals surface area contributed by atoms with E-state index < -0.39 is 0 Å². The minimum absolute atomic E-state index is 1.14. The Balaban J connectivity index is 1.90. The lowest BCUT2D eigenvalue weighted by molar-refractivity contribution is 0.185. The Morgan fingerprint density at radius 3 is 2.50 bits per heavy atom. The Labute approximate surface area is 74.2 Å². The van der Waals surface area contributed by atoms with Crippen LogP contribution in [-0.4, -0.2) is 43.0 Å². The minimum atomic E-state index is 1.14. The van der Waals surface area contributed by atoms with Crippen molar-refractivity contribution in [2.24, 2.45) is 0 Å². The molecule has 1 saturated heterocycles. The van der Waals surface area contributed by atoms with E-state index in [9.17, 15) is 0 Å². The van der Waals surface area contributed by atoms with E-state index in [-0.39, 0.29) is 0 Å². The van der Waals surface area contributed by atoms with Crippen LogP contribution in [0.2, 0.25) is 0 Å². The molecule has 0 aromatic carbocycles. The highest BCUT2D eigenvalue weighted by atomic mass is 15.2. The highest BCUT2D eigenvalue weighted by Gasteiger charge is 2.15. The summed E-state index contributed by atoms with van der Waals surface area (Å²) in [6, 6.07) is 0. The maximum absolute atomic E-state index is 2.50. The average molecular weight is 164 g/mol. The molecule has 1 aliphatic heterocycles. The van der Waals surface area contributed by atoms with Gasteiger partial charge in [-0.15, -0.1) is 0 Å². The molecule has 1 heterocycles. The summed E-state index contributed by atoms with van der Waals surface area (Å²) in [5.41, 5.74) is 1.50. The fraction of sp³-hybridized carbons (Fsp3) is 0.600. The van der Waals surface area contributed by atoms with E-state index in [4.69, 9.17) is 0 Å². The lowest BCUT2D eigenvalue weighted by Crippen LogP contribution is -2.43. The third-order valence-electron chi connectivity index (χ3n) is 2.66. The Bertz CT molecular complexity index is 210. The molecule has 0 unspecified atom stereocenters. The van der Waals surface area contributed by atoms with Crippen molar-refractivity contribution < 1.29 is 0 Å². The topological polar surface area (TPSA) is 6.48 Å². The fourth-order valence-electron chi connectivity index (χ4n) is 1.76. The second-order valence-electron chi connectivity index (χ2n) is 3.58. The third-order valence-corrected chi connectivity index (χ3v) is 2.66. The summed E-state index contributed by atoms with van der Waals surface area (Å²) >= 11 is 0. The van der Waals surface area contributed by atoms with Crippen molar-refractivity contribution in [3.8, 4) is 0 Å². The molecular formula is C10H16N2. The number of piperazine rings is 1. The van der Waals surface area contributed by atoms with E-state index in [0.717, 1.165) is 6.42 Å². The van der Waals surface area contributed by atoms with Crippen molar-refractivity contribution in [2.45, 2.75) is 6.42 Å². The van der Waals surface area contributed by atoms with Crippen LogP contribution in [0.1, 0.15) is 6.42 Å². The smallest absolute Gasteiger partial charge is 0.0303 e. The molecule has 2 aliphatic rings. The first-order chi connectivity index (χ1) is 5.86. The van der Waals surface area contributed by atoms with Gasteiger partial charge < -0.3 is 9.80 Å². The SMILES string of the molecule is CN1CCN(C2=CC=CC2)CC1. The minimum Gasteiger partial charge on any atom is -0.372 e. The van der Waals surface area contributed by atoms with E-state index in [0.29, 0.717) is 0 Å². The molecule has 1 aliphatic carbocycles. The number of hydrogen-bond acceptors (Lipinski definition) is 2. The quantitative estimate of drug-likeness (QED) is 0.572. The van der Waals surface area contributed by atoms with E-state index in [1.165, 1.54) is 31.9 Å². The average Bonchev–Trinajstić information content (AvgIpc) is 2.58. The van der Waals surface area contributed by atoms with Crippen molar-refractivity contribution >= 4 is 0 Å². The molecule has 0 bridgehead atoms. The van der Waals surface area contributed by atoms with Gasteiger partial charge in [-0.25, -0.2) is 0 Å². The molecule has 0 radical (unpaired) electrons. The molecule has 0 aromatic heterocycles. The molecule has 2 heteroatoms. The highest BCUT2D eigenvalue weighted by Crippen LogP contribution is 2.16. The van der Waals surface area contributed by atoms with Gasteiger partial charge in [-0.05, 0) is 13.1 Å². The molecule has 2 nitrogen and oxygen atoms in total. The molecule has 0 atom stereocenters. The van der Waals surface area contributed by atoms with Crippen molar-refractivity contribution in [1.82, 2.24) is 9.80 Å². The van der Waals surface area contributed by atoms with Crippen molar-refractivity contribution in [3.63, 3.8) is 0 Å². The summed E-state index contributed by atoms with van der Waals surface area (Å²) in [4.78, 5) is 4.89. The van der Waals surface area contributed by atoms with Crippen LogP contribution in [-0.2, 0) is 0 Å². The lowest BCUT2D eigenvalue weighted by atomic mass is 10.2. The maximum Gasteiger partial charge on any atom is 0.0303 e. The van der Waals surface area contributed by atoms with Gasteiger partial charge >= 0.3 is 0 Å². The van der Waals surface area contributed by atoms with Gasteiger partial charge in [0.1, 0.15) is 0 Å². The number of allylic oxidation sites excluding steroid dienone is 3. The standard InChI is InChI=1S/C10H16N2/c1-11-6-8-12(9-7-11)10-4-2-3-5-10/h2-4H,5-9H2,1H3. The number of rotatable bonds is 1. The second-order valence-corrected chi connectivity index (χ2v) is 3.58. The normalized spacial score (nSPS) is 24.8. The summed E-state index contributed by atoms with van der Waals surface area (Å²) in [7, 11) is 2.19. The predicted octanol–water partition coefficient (Wildman–Crippen LogP) is 1.08. The van der Waals surface area contributed by atoms with Crippen LogP contribution in [0.25, 0.3) is 0 Å². The zero-order valence-corrected chi connectivity index (χ0v) is 7.66. The van der Waals surface area contributed by atoms with Gasteiger partial charge in [0.15, 0.2) is 0 Å². The maximum atomic E-state index is 2.50. The van der Waals surface area contributed by atoms with Gasteiger partial charge in [0.2, 0.25) is 0 Å². The second kappa shape index (κ2) is 3.31. The van der Waals surface area contributed by atoms with Gasteiger partial charge in [-0.2, -0.15) is 0 Å². The molecule has 1 fully saturated rings. The molecule has 0 aromatic rings. The fourth-order valence-corrected chi connectivity index (χ4v) is 1.76. The number of likely N-dealkylation sites (N-methyl/N-ethyl adjacent to an activating group) is 1. The molecule has 0 N–H and O–H groups in total. The Morgan fingerprint density at radius 2 is 1.92 bits per heavy atom. The Kier molecular flexibility index (Phi) is 2.17. The molecule has 12 heavy (non-hydrogen) atoms. The molecule has 0 amide bonds. The summed E-state index contributed by atoms with van der Waals surface area (Å²) in [6.45, 7) is 4.81. The van der Waals surface area contributed by atoms with Crippen LogP contribution in [0.5, 0.6) is 0 Å². The molecular weight excluding hydrogens is 148 g/mol. The first-order valence-corrected chi connectivity index (χ1v) is 4.65. The van der Waals surface area contributed by atoms with Crippen LogP contribution >= 0.6 is 0 Å². The molecule has 0 saturated carbocycles. The van der Waals surface area contributed by atoms with E-state index in [2.05, 4.69) is 35.1 Å². The summed E-state index contributed by atoms with van der Waals surface area (Å²) in [6.07, 6.45) is 7.77. The van der Waals surface area contributed by atoms with E-state index >= 15 is 0 Å². The Morgan fingerprint density at radius 1 is 1.17 bits per heavy atom. The summed E-state index contributed by atoms with van der Waals surface area (Å²) < 4.78 is 0. The van der Waals surface area contributed by atoms with Crippen molar-refractivity contribution in [2.75, 3.05) is 33.2 Å². The first kappa shape index (κ1) is 7.87. The Hall–Kier alpha value is -0.760. The van der Waals surface area contributed by atoms with Crippen LogP contribution in [0.15, 0.2) is 23.9 Å². The lowest BCUT2D eigenvalue weighted by Gasteiger charge is -2.34. The third kappa shape index (κ3) is 1.53. The van der Waals surface area contributed by atoms with Gasteiger partial charge in [-0.1, -0.05) is 12.2 Å². The van der Waals surface area contributed by atoms with Crippen molar-refractivity contribution in [3.05, 3.63) is 23.9 Å². The van der Waals surface area contributed by atoms with Gasteiger partial charge in [0.25, 0.3) is 0 Å². The molecule has 2 rings (SSSR count). The highest BCUT2D eigenvalue weighted by molar-refractivity contribution is 5.22. The largest absolute Gasteiger partial charge is 0.372 e. The van der Waals surface area contributed by atoms with Crippen LogP contribution in [0.3, 0.4) is 0 Å². The number of hydrogen-bond donors (Lipinski definition) is 0. The van der Waals surface area contributed by atoms with Crippen LogP contribution in [0, 0.1) is 0 Å². The van der Waals surface area contributed by atoms with Gasteiger partial charge in [0.05, 0.1) is 0 Å². The molecule has 66 valence electrons. The zero-order chi connectivity index (χ0) is 8.39. The van der Waals surface area contributed by atoms with Crippen molar-refractivity contribution in [1.29, 1.82) is 0 Å². The summed E-state index contributed by atoms with van der Waals surface area (Å²) in [5, 5.41) is 0. The van der Waals surface area contributed by atoms with Crippen LogP contribution < -0.4 is 0 Å². The summed E-state index contributed by atoms with van der Waals surface area (Å²) in [5.74, 6) is 0. The first-order valence-electron chi connectivity index (χ1n) is 4.65.